The van der Waals surface area contributed by atoms with Gasteiger partial charge in [0.1, 0.15) is 5.82 Å². The molecule has 0 radical (unpaired) electrons. The quantitative estimate of drug-likeness (QED) is 0.445. The van der Waals surface area contributed by atoms with Crippen molar-refractivity contribution in [3.8, 4) is 11.1 Å². The van der Waals surface area contributed by atoms with Crippen LogP contribution in [0, 0.1) is 25.6 Å². The van der Waals surface area contributed by atoms with Crippen LogP contribution in [0.15, 0.2) is 24.3 Å². The lowest BCUT2D eigenvalue weighted by molar-refractivity contribution is -0.137. The van der Waals surface area contributed by atoms with E-state index in [1.54, 1.807) is 12.1 Å². The molecule has 6 heteroatoms. The van der Waals surface area contributed by atoms with E-state index in [2.05, 4.69) is 30.5 Å². The predicted octanol–water partition coefficient (Wildman–Crippen LogP) is 5.25. The summed E-state index contributed by atoms with van der Waals surface area (Å²) in [5.74, 6) is -1.09. The Morgan fingerprint density at radius 3 is 2.35 bits per heavy atom. The first-order valence-corrected chi connectivity index (χ1v) is 12.3. The van der Waals surface area contributed by atoms with E-state index in [-0.39, 0.29) is 24.2 Å². The van der Waals surface area contributed by atoms with Crippen molar-refractivity contribution >= 4 is 11.9 Å². The van der Waals surface area contributed by atoms with Gasteiger partial charge in [0.25, 0.3) is 0 Å². The number of hydrogen-bond donors (Lipinski definition) is 3. The van der Waals surface area contributed by atoms with Crippen molar-refractivity contribution in [2.24, 2.45) is 5.92 Å². The normalized spacial score (nSPS) is 14.7. The van der Waals surface area contributed by atoms with Crippen LogP contribution in [0.1, 0.15) is 73.9 Å². The third-order valence-corrected chi connectivity index (χ3v) is 6.58. The van der Waals surface area contributed by atoms with E-state index in [4.69, 9.17) is 0 Å². The van der Waals surface area contributed by atoms with Gasteiger partial charge in [-0.3, -0.25) is 9.59 Å². The molecule has 0 saturated carbocycles. The Hall–Kier alpha value is -2.73. The minimum Gasteiger partial charge on any atom is -0.481 e. The Kier molecular flexibility index (Phi) is 8.47. The average molecular weight is 469 g/mol. The second kappa shape index (κ2) is 11.1. The highest BCUT2D eigenvalue weighted by Crippen LogP contribution is 2.39. The number of benzene rings is 2. The molecule has 0 heterocycles. The number of rotatable bonds is 10. The number of nitrogens with one attached hydrogen (secondary N) is 2. The van der Waals surface area contributed by atoms with E-state index < -0.39 is 12.0 Å². The summed E-state index contributed by atoms with van der Waals surface area (Å²) in [7, 11) is 0. The number of carboxylic acid groups (broad SMARTS) is 1. The highest BCUT2D eigenvalue weighted by molar-refractivity contribution is 5.83. The molecule has 0 bridgehead atoms. The van der Waals surface area contributed by atoms with Crippen LogP contribution in [-0.4, -0.2) is 29.6 Å². The number of carbonyl (C=O) groups excluding carboxylic acids is 1. The molecule has 0 aromatic heterocycles. The fourth-order valence-electron chi connectivity index (χ4n) is 5.19. The zero-order valence-corrected chi connectivity index (χ0v) is 20.9. The van der Waals surface area contributed by atoms with E-state index in [1.165, 1.54) is 11.1 Å². The largest absolute Gasteiger partial charge is 0.481 e. The minimum absolute atomic E-state index is 0.182. The van der Waals surface area contributed by atoms with E-state index in [1.807, 2.05) is 26.8 Å². The van der Waals surface area contributed by atoms with Crippen molar-refractivity contribution in [2.45, 2.75) is 78.8 Å². The topological polar surface area (TPSA) is 78.4 Å². The van der Waals surface area contributed by atoms with Crippen LogP contribution >= 0.6 is 0 Å². The molecule has 1 aliphatic rings. The summed E-state index contributed by atoms with van der Waals surface area (Å²) in [4.78, 5) is 24.9. The summed E-state index contributed by atoms with van der Waals surface area (Å²) in [6.45, 7) is 10.5. The lowest BCUT2D eigenvalue weighted by atomic mass is 9.87. The molecule has 1 amide bonds. The molecule has 3 rings (SSSR count). The second-order valence-corrected chi connectivity index (χ2v) is 9.87. The molecule has 184 valence electrons. The Bertz CT molecular complexity index is 1040. The van der Waals surface area contributed by atoms with Gasteiger partial charge in [-0.25, -0.2) is 4.39 Å². The molecule has 0 fully saturated rings. The van der Waals surface area contributed by atoms with Gasteiger partial charge in [-0.15, -0.1) is 0 Å². The number of carbonyl (C=O) groups is 2. The van der Waals surface area contributed by atoms with Crippen molar-refractivity contribution in [3.05, 3.63) is 57.9 Å². The Labute approximate surface area is 202 Å². The zero-order valence-electron chi connectivity index (χ0n) is 20.9. The first kappa shape index (κ1) is 25.9. The number of aryl methyl sites for hydroxylation is 3. The van der Waals surface area contributed by atoms with Gasteiger partial charge < -0.3 is 15.7 Å². The van der Waals surface area contributed by atoms with Crippen molar-refractivity contribution in [2.75, 3.05) is 6.54 Å². The van der Waals surface area contributed by atoms with Gasteiger partial charge in [0, 0.05) is 0 Å². The van der Waals surface area contributed by atoms with Gasteiger partial charge in [-0.1, -0.05) is 26.8 Å². The summed E-state index contributed by atoms with van der Waals surface area (Å²) in [5, 5.41) is 15.9. The van der Waals surface area contributed by atoms with Gasteiger partial charge in [-0.05, 0) is 109 Å². The molecule has 2 unspecified atom stereocenters. The van der Waals surface area contributed by atoms with E-state index >= 15 is 0 Å². The average Bonchev–Trinajstić information content (AvgIpc) is 3.20. The third kappa shape index (κ3) is 6.03. The first-order chi connectivity index (χ1) is 16.1. The molecular weight excluding hydrogens is 431 g/mol. The van der Waals surface area contributed by atoms with E-state index in [0.29, 0.717) is 18.9 Å². The molecule has 5 nitrogen and oxygen atoms in total. The van der Waals surface area contributed by atoms with Crippen LogP contribution < -0.4 is 10.6 Å². The molecule has 34 heavy (non-hydrogen) atoms. The van der Waals surface area contributed by atoms with E-state index in [9.17, 15) is 19.1 Å². The highest BCUT2D eigenvalue weighted by Gasteiger charge is 2.27. The maximum atomic E-state index is 14.0. The van der Waals surface area contributed by atoms with Crippen LogP contribution in [0.2, 0.25) is 0 Å². The third-order valence-electron chi connectivity index (χ3n) is 6.58. The summed E-state index contributed by atoms with van der Waals surface area (Å²) in [5.41, 5.74) is 6.94. The maximum Gasteiger partial charge on any atom is 0.305 e. The summed E-state index contributed by atoms with van der Waals surface area (Å²) >= 11 is 0. The monoisotopic (exact) mass is 468 g/mol. The number of hydrogen-bond acceptors (Lipinski definition) is 3. The van der Waals surface area contributed by atoms with Gasteiger partial charge in [0.15, 0.2) is 0 Å². The predicted molar refractivity (Wildman–Crippen MR) is 133 cm³/mol. The van der Waals surface area contributed by atoms with Crippen LogP contribution in [-0.2, 0) is 22.4 Å². The van der Waals surface area contributed by atoms with Crippen LogP contribution in [0.3, 0.4) is 0 Å². The summed E-state index contributed by atoms with van der Waals surface area (Å²) in [6, 6.07) is 6.12. The highest BCUT2D eigenvalue weighted by atomic mass is 19.1. The maximum absolute atomic E-state index is 14.0. The molecule has 2 aromatic rings. The van der Waals surface area contributed by atoms with Gasteiger partial charge in [0.05, 0.1) is 18.5 Å². The van der Waals surface area contributed by atoms with Gasteiger partial charge in [-0.2, -0.15) is 0 Å². The molecular formula is C28H37FN2O3. The lowest BCUT2D eigenvalue weighted by Gasteiger charge is -2.25. The SMILES string of the molecule is CCNC(CC(C)C)C(=O)NC(CC(=O)O)c1cc2c(c(-c3c(C)cc(F)cc3C)c1)CCC2. The lowest BCUT2D eigenvalue weighted by Crippen LogP contribution is -2.46. The second-order valence-electron chi connectivity index (χ2n) is 9.87. The number of aliphatic carboxylic acids is 1. The smallest absolute Gasteiger partial charge is 0.305 e. The number of carboxylic acids is 1. The van der Waals surface area contributed by atoms with Crippen molar-refractivity contribution < 1.29 is 19.1 Å². The van der Waals surface area contributed by atoms with Gasteiger partial charge >= 0.3 is 5.97 Å². The van der Waals surface area contributed by atoms with Crippen LogP contribution in [0.25, 0.3) is 11.1 Å². The van der Waals surface area contributed by atoms with Crippen molar-refractivity contribution in [1.82, 2.24) is 10.6 Å². The number of fused-ring (bicyclic) bond motifs is 1. The first-order valence-electron chi connectivity index (χ1n) is 12.3. The molecule has 2 aromatic carbocycles. The molecule has 3 N–H and O–H groups in total. The Morgan fingerprint density at radius 2 is 1.76 bits per heavy atom. The van der Waals surface area contributed by atoms with E-state index in [0.717, 1.165) is 47.1 Å². The standard InChI is InChI=1S/C28H37FN2O3/c1-6-30-25(10-16(2)3)28(34)31-24(15-26(32)33)20-13-19-8-7-9-22(19)23(14-20)27-17(4)11-21(29)12-18(27)5/h11-14,16,24-25,30H,6-10,15H2,1-5H3,(H,31,34)(H,32,33). The molecule has 2 atom stereocenters. The number of halogens is 1. The fourth-order valence-corrected chi connectivity index (χ4v) is 5.19. The van der Waals surface area contributed by atoms with Crippen molar-refractivity contribution in [3.63, 3.8) is 0 Å². The fraction of sp³-hybridized carbons (Fsp3) is 0.500. The molecule has 0 spiro atoms. The Balaban J connectivity index is 2.05. The molecule has 1 aliphatic carbocycles. The molecule has 0 aliphatic heterocycles. The Morgan fingerprint density at radius 1 is 1.09 bits per heavy atom. The summed E-state index contributed by atoms with van der Waals surface area (Å²) < 4.78 is 14.0. The molecule has 0 saturated heterocycles. The summed E-state index contributed by atoms with van der Waals surface area (Å²) in [6.07, 6.45) is 3.34. The number of likely N-dealkylation sites (N-methyl/N-ethyl adjacent to an activating group) is 1. The van der Waals surface area contributed by atoms with Gasteiger partial charge in [0.2, 0.25) is 5.91 Å². The minimum atomic E-state index is -0.967. The van der Waals surface area contributed by atoms with Crippen LogP contribution in [0.5, 0.6) is 0 Å². The number of amides is 1. The van der Waals surface area contributed by atoms with Crippen molar-refractivity contribution in [1.29, 1.82) is 0 Å². The van der Waals surface area contributed by atoms with Crippen LogP contribution in [0.4, 0.5) is 4.39 Å². The zero-order chi connectivity index (χ0) is 25.0.